The highest BCUT2D eigenvalue weighted by atomic mass is 19.4. The molecule has 0 spiro atoms. The number of carbonyl (C=O) groups is 2. The van der Waals surface area contributed by atoms with E-state index in [0.29, 0.717) is 5.92 Å². The number of alkyl halides is 3. The average Bonchev–Trinajstić information content (AvgIpc) is 3.48. The van der Waals surface area contributed by atoms with Gasteiger partial charge in [0, 0.05) is 45.8 Å². The van der Waals surface area contributed by atoms with Gasteiger partial charge in [-0.2, -0.15) is 13.2 Å². The van der Waals surface area contributed by atoms with Gasteiger partial charge in [0.1, 0.15) is 5.76 Å². The molecule has 0 aromatic carbocycles. The lowest BCUT2D eigenvalue weighted by Crippen LogP contribution is -2.56. The summed E-state index contributed by atoms with van der Waals surface area (Å²) in [6.45, 7) is 5.32. The summed E-state index contributed by atoms with van der Waals surface area (Å²) in [7, 11) is 1.80. The molecule has 3 aliphatic rings. The van der Waals surface area contributed by atoms with E-state index in [1.54, 1.807) is 13.4 Å². The van der Waals surface area contributed by atoms with Gasteiger partial charge in [0.15, 0.2) is 0 Å². The van der Waals surface area contributed by atoms with E-state index in [1.807, 2.05) is 17.0 Å². The van der Waals surface area contributed by atoms with Gasteiger partial charge in [-0.05, 0) is 31.4 Å². The van der Waals surface area contributed by atoms with Gasteiger partial charge in [0.2, 0.25) is 0 Å². The van der Waals surface area contributed by atoms with E-state index in [4.69, 9.17) is 19.1 Å². The molecule has 0 unspecified atom stereocenters. The summed E-state index contributed by atoms with van der Waals surface area (Å²) in [5, 5.41) is 7.12. The zero-order chi connectivity index (χ0) is 22.6. The molecule has 31 heavy (non-hydrogen) atoms. The first-order chi connectivity index (χ1) is 14.7. The SMILES string of the molecule is CO[C@@H]1CCN(C(=O)N2CCCC2)[C@@H]2CN(Cc3ccco3)C[C@@H]21.O=C(O)C(F)(F)F. The third kappa shape index (κ3) is 5.70. The third-order valence-electron chi connectivity index (χ3n) is 6.07. The fourth-order valence-electron chi connectivity index (χ4n) is 4.61. The van der Waals surface area contributed by atoms with Crippen molar-refractivity contribution in [1.29, 1.82) is 0 Å². The number of carboxylic acids is 1. The van der Waals surface area contributed by atoms with Crippen LogP contribution >= 0.6 is 0 Å². The number of urea groups is 1. The lowest BCUT2D eigenvalue weighted by atomic mass is 9.89. The molecule has 0 bridgehead atoms. The predicted octanol–water partition coefficient (Wildman–Crippen LogP) is 2.65. The quantitative estimate of drug-likeness (QED) is 0.767. The Labute approximate surface area is 178 Å². The zero-order valence-corrected chi connectivity index (χ0v) is 17.4. The van der Waals surface area contributed by atoms with E-state index < -0.39 is 12.1 Å². The van der Waals surface area contributed by atoms with Crippen molar-refractivity contribution in [3.63, 3.8) is 0 Å². The maximum Gasteiger partial charge on any atom is 0.490 e. The van der Waals surface area contributed by atoms with E-state index >= 15 is 0 Å². The van der Waals surface area contributed by atoms with Gasteiger partial charge in [-0.3, -0.25) is 4.90 Å². The summed E-state index contributed by atoms with van der Waals surface area (Å²) in [6, 6.07) is 4.44. The first kappa shape index (κ1) is 23.4. The van der Waals surface area contributed by atoms with Crippen molar-refractivity contribution in [2.45, 2.75) is 44.1 Å². The molecule has 0 saturated carbocycles. The second kappa shape index (κ2) is 9.90. The lowest BCUT2D eigenvalue weighted by molar-refractivity contribution is -0.192. The Morgan fingerprint density at radius 2 is 1.90 bits per heavy atom. The number of hydrogen-bond acceptors (Lipinski definition) is 5. The van der Waals surface area contributed by atoms with E-state index in [-0.39, 0.29) is 18.2 Å². The Kier molecular flexibility index (Phi) is 7.47. The van der Waals surface area contributed by atoms with Gasteiger partial charge < -0.3 is 24.1 Å². The van der Waals surface area contributed by atoms with Gasteiger partial charge in [-0.25, -0.2) is 9.59 Å². The van der Waals surface area contributed by atoms with Crippen molar-refractivity contribution in [3.8, 4) is 0 Å². The summed E-state index contributed by atoms with van der Waals surface area (Å²) in [4.78, 5) is 28.4. The predicted molar refractivity (Wildman–Crippen MR) is 103 cm³/mol. The van der Waals surface area contributed by atoms with Crippen LogP contribution in [0, 0.1) is 5.92 Å². The largest absolute Gasteiger partial charge is 0.490 e. The van der Waals surface area contributed by atoms with Gasteiger partial charge in [0.25, 0.3) is 0 Å². The molecule has 4 heterocycles. The van der Waals surface area contributed by atoms with E-state index in [1.165, 1.54) is 0 Å². The monoisotopic (exact) mass is 447 g/mol. The summed E-state index contributed by atoms with van der Waals surface area (Å²) < 4.78 is 43.0. The summed E-state index contributed by atoms with van der Waals surface area (Å²) in [5.41, 5.74) is 0. The number of piperidine rings is 1. The maximum atomic E-state index is 12.9. The molecular weight excluding hydrogens is 419 g/mol. The zero-order valence-electron chi connectivity index (χ0n) is 17.4. The van der Waals surface area contributed by atoms with Crippen LogP contribution in [0.3, 0.4) is 0 Å². The highest BCUT2D eigenvalue weighted by Gasteiger charge is 2.47. The third-order valence-corrected chi connectivity index (χ3v) is 6.07. The summed E-state index contributed by atoms with van der Waals surface area (Å²) >= 11 is 0. The molecule has 0 aliphatic carbocycles. The van der Waals surface area contributed by atoms with E-state index in [9.17, 15) is 18.0 Å². The van der Waals surface area contributed by atoms with Crippen LogP contribution in [-0.4, -0.2) is 90.0 Å². The van der Waals surface area contributed by atoms with Crippen LogP contribution in [0.4, 0.5) is 18.0 Å². The normalized spacial score (nSPS) is 26.4. The molecule has 8 nitrogen and oxygen atoms in total. The molecule has 3 atom stereocenters. The van der Waals surface area contributed by atoms with Crippen molar-refractivity contribution in [1.82, 2.24) is 14.7 Å². The number of furan rings is 1. The van der Waals surface area contributed by atoms with Crippen LogP contribution in [0.15, 0.2) is 22.8 Å². The van der Waals surface area contributed by atoms with Gasteiger partial charge in [-0.15, -0.1) is 0 Å². The Bertz CT molecular complexity index is 737. The number of rotatable bonds is 3. The molecular formula is C20H28F3N3O5. The first-order valence-corrected chi connectivity index (χ1v) is 10.3. The molecule has 3 aliphatic heterocycles. The van der Waals surface area contributed by atoms with Crippen LogP contribution in [-0.2, 0) is 16.1 Å². The molecule has 3 fully saturated rings. The fraction of sp³-hybridized carbons (Fsp3) is 0.700. The minimum Gasteiger partial charge on any atom is -0.475 e. The molecule has 11 heteroatoms. The number of halogens is 3. The number of fused-ring (bicyclic) bond motifs is 1. The van der Waals surface area contributed by atoms with Gasteiger partial charge in [0.05, 0.1) is 25.0 Å². The molecule has 0 radical (unpaired) electrons. The molecule has 174 valence electrons. The minimum absolute atomic E-state index is 0.233. The number of amides is 2. The number of nitrogens with zero attached hydrogens (tertiary/aromatic N) is 3. The summed E-state index contributed by atoms with van der Waals surface area (Å²) in [6.07, 6.45) is 0.0999. The number of hydrogen-bond donors (Lipinski definition) is 1. The molecule has 2 amide bonds. The number of ether oxygens (including phenoxy) is 1. The Balaban J connectivity index is 0.000000339. The van der Waals surface area contributed by atoms with Crippen LogP contribution in [0.2, 0.25) is 0 Å². The van der Waals surface area contributed by atoms with Crippen LogP contribution in [0.25, 0.3) is 0 Å². The first-order valence-electron chi connectivity index (χ1n) is 10.3. The second-order valence-corrected chi connectivity index (χ2v) is 8.04. The van der Waals surface area contributed by atoms with Crippen molar-refractivity contribution in [2.75, 3.05) is 39.8 Å². The molecule has 4 rings (SSSR count). The van der Waals surface area contributed by atoms with Crippen molar-refractivity contribution < 1.29 is 37.0 Å². The van der Waals surface area contributed by atoms with Crippen molar-refractivity contribution in [3.05, 3.63) is 24.2 Å². The number of carbonyl (C=O) groups excluding carboxylic acids is 1. The topological polar surface area (TPSA) is 86.5 Å². The molecule has 3 saturated heterocycles. The highest BCUT2D eigenvalue weighted by molar-refractivity contribution is 5.75. The van der Waals surface area contributed by atoms with Crippen LogP contribution in [0.5, 0.6) is 0 Å². The number of methoxy groups -OCH3 is 1. The van der Waals surface area contributed by atoms with E-state index in [2.05, 4.69) is 9.80 Å². The number of likely N-dealkylation sites (tertiary alicyclic amines) is 3. The Hall–Kier alpha value is -2.27. The summed E-state index contributed by atoms with van der Waals surface area (Å²) in [5.74, 6) is -1.38. The van der Waals surface area contributed by atoms with Crippen LogP contribution in [0.1, 0.15) is 25.0 Å². The number of carboxylic acid groups (broad SMARTS) is 1. The highest BCUT2D eigenvalue weighted by Crippen LogP contribution is 2.34. The standard InChI is InChI=1S/C18H27N3O3.C2HF3O2/c1-23-17-6-9-21(18(22)20-7-2-3-8-20)16-13-19(12-15(16)17)11-14-5-4-10-24-14;3-2(4,5)1(6)7/h4-5,10,15-17H,2-3,6-9,11-13H2,1H3;(H,6,7)/t15-,16+,17+;/m0./s1. The van der Waals surface area contributed by atoms with Crippen molar-refractivity contribution >= 4 is 12.0 Å². The van der Waals surface area contributed by atoms with E-state index in [0.717, 1.165) is 64.3 Å². The molecule has 1 aromatic heterocycles. The Morgan fingerprint density at radius 3 is 2.45 bits per heavy atom. The van der Waals surface area contributed by atoms with Crippen LogP contribution < -0.4 is 0 Å². The second-order valence-electron chi connectivity index (χ2n) is 8.04. The Morgan fingerprint density at radius 1 is 1.23 bits per heavy atom. The fourth-order valence-corrected chi connectivity index (χ4v) is 4.61. The van der Waals surface area contributed by atoms with Gasteiger partial charge in [-0.1, -0.05) is 0 Å². The smallest absolute Gasteiger partial charge is 0.475 e. The van der Waals surface area contributed by atoms with Gasteiger partial charge >= 0.3 is 18.2 Å². The van der Waals surface area contributed by atoms with Crippen molar-refractivity contribution in [2.24, 2.45) is 5.92 Å². The molecule has 1 N–H and O–H groups in total. The lowest BCUT2D eigenvalue weighted by Gasteiger charge is -2.42. The minimum atomic E-state index is -5.08. The number of aliphatic carboxylic acids is 1. The maximum absolute atomic E-state index is 12.9. The average molecular weight is 447 g/mol. The molecule has 1 aromatic rings.